The van der Waals surface area contributed by atoms with Gasteiger partial charge in [0, 0.05) is 12.2 Å². The molecule has 0 radical (unpaired) electrons. The molecule has 0 aliphatic rings. The number of nitrogens with one attached hydrogen (secondary N) is 1. The highest BCUT2D eigenvalue weighted by Gasteiger charge is 2.30. The van der Waals surface area contributed by atoms with E-state index in [2.05, 4.69) is 10.1 Å². The second kappa shape index (κ2) is 5.66. The second-order valence-corrected chi connectivity index (χ2v) is 5.84. The first kappa shape index (κ1) is 15.6. The largest absolute Gasteiger partial charge is 0.573 e. The minimum atomic E-state index is -4.74. The van der Waals surface area contributed by atoms with Gasteiger partial charge in [-0.3, -0.25) is 0 Å². The zero-order chi connectivity index (χ0) is 14.7. The lowest BCUT2D eigenvalue weighted by Gasteiger charge is -2.12. The van der Waals surface area contributed by atoms with E-state index in [0.29, 0.717) is 5.69 Å². The van der Waals surface area contributed by atoms with Crippen LogP contribution in [-0.2, 0) is 10.0 Å². The Kier molecular flexibility index (Phi) is 4.64. The first-order valence-electron chi connectivity index (χ1n) is 5.19. The molecule has 9 heteroatoms. The Morgan fingerprint density at radius 1 is 1.32 bits per heavy atom. The van der Waals surface area contributed by atoms with Crippen LogP contribution >= 0.6 is 0 Å². The van der Waals surface area contributed by atoms with Crippen LogP contribution in [0.4, 0.5) is 18.9 Å². The fourth-order valence-electron chi connectivity index (χ4n) is 1.15. The predicted octanol–water partition coefficient (Wildman–Crippen LogP) is 1.67. The molecular formula is C10H13F3N2O3S. The van der Waals surface area contributed by atoms with Crippen molar-refractivity contribution in [2.24, 2.45) is 5.14 Å². The van der Waals surface area contributed by atoms with Gasteiger partial charge in [-0.1, -0.05) is 0 Å². The summed E-state index contributed by atoms with van der Waals surface area (Å²) in [6, 6.07) is 4.93. The molecule has 3 N–H and O–H groups in total. The molecule has 108 valence electrons. The van der Waals surface area contributed by atoms with E-state index in [1.54, 1.807) is 0 Å². The van der Waals surface area contributed by atoms with Gasteiger partial charge >= 0.3 is 6.36 Å². The van der Waals surface area contributed by atoms with Gasteiger partial charge in [-0.15, -0.1) is 13.2 Å². The highest BCUT2D eigenvalue weighted by Crippen LogP contribution is 2.23. The molecule has 5 nitrogen and oxygen atoms in total. The third-order valence-corrected chi connectivity index (χ3v) is 3.53. The summed E-state index contributed by atoms with van der Waals surface area (Å²) in [5.74, 6) is -0.349. The molecular weight excluding hydrogens is 285 g/mol. The monoisotopic (exact) mass is 298 g/mol. The van der Waals surface area contributed by atoms with E-state index in [-0.39, 0.29) is 12.3 Å². The number of primary sulfonamides is 1. The predicted molar refractivity (Wildman–Crippen MR) is 64.2 cm³/mol. The fourth-order valence-corrected chi connectivity index (χ4v) is 1.47. The van der Waals surface area contributed by atoms with Crippen molar-refractivity contribution in [3.63, 3.8) is 0 Å². The maximum absolute atomic E-state index is 11.9. The van der Waals surface area contributed by atoms with Crippen molar-refractivity contribution in [2.45, 2.75) is 18.5 Å². The van der Waals surface area contributed by atoms with Gasteiger partial charge in [0.2, 0.25) is 10.0 Å². The number of alkyl halides is 3. The Hall–Kier alpha value is -1.48. The van der Waals surface area contributed by atoms with Crippen molar-refractivity contribution in [3.8, 4) is 5.75 Å². The fraction of sp³-hybridized carbons (Fsp3) is 0.400. The quantitative estimate of drug-likeness (QED) is 0.866. The van der Waals surface area contributed by atoms with Crippen molar-refractivity contribution in [2.75, 3.05) is 11.9 Å². The van der Waals surface area contributed by atoms with Gasteiger partial charge in [0.05, 0.1) is 5.25 Å². The summed E-state index contributed by atoms with van der Waals surface area (Å²) >= 11 is 0. The maximum Gasteiger partial charge on any atom is 0.573 e. The number of anilines is 1. The average Bonchev–Trinajstić information content (AvgIpc) is 2.24. The van der Waals surface area contributed by atoms with E-state index >= 15 is 0 Å². The number of sulfonamides is 1. The zero-order valence-corrected chi connectivity index (χ0v) is 10.8. The Labute approximate surface area is 108 Å². The Bertz CT molecular complexity index is 514. The van der Waals surface area contributed by atoms with Crippen LogP contribution in [0.2, 0.25) is 0 Å². The van der Waals surface area contributed by atoms with Crippen LogP contribution < -0.4 is 15.2 Å². The molecule has 0 spiro atoms. The molecule has 1 unspecified atom stereocenters. The summed E-state index contributed by atoms with van der Waals surface area (Å²) in [5.41, 5.74) is 0.463. The number of rotatable bonds is 5. The molecule has 0 aliphatic heterocycles. The van der Waals surface area contributed by atoms with Crippen LogP contribution in [-0.4, -0.2) is 26.6 Å². The summed E-state index contributed by atoms with van der Waals surface area (Å²) in [5, 5.41) is 6.86. The maximum atomic E-state index is 11.9. The number of benzene rings is 1. The number of nitrogens with two attached hydrogens (primary N) is 1. The molecule has 1 rings (SSSR count). The van der Waals surface area contributed by atoms with Gasteiger partial charge in [0.1, 0.15) is 5.75 Å². The van der Waals surface area contributed by atoms with Crippen LogP contribution in [0.1, 0.15) is 6.92 Å². The van der Waals surface area contributed by atoms with Crippen molar-refractivity contribution in [1.82, 2.24) is 0 Å². The SMILES string of the molecule is CC(CNc1ccc(OC(F)(F)F)cc1)S(N)(=O)=O. The molecule has 0 aromatic heterocycles. The van der Waals surface area contributed by atoms with Gasteiger partial charge < -0.3 is 10.1 Å². The summed E-state index contributed by atoms with van der Waals surface area (Å²) in [7, 11) is -3.64. The average molecular weight is 298 g/mol. The molecule has 0 saturated heterocycles. The molecule has 0 bridgehead atoms. The van der Waals surface area contributed by atoms with Crippen LogP contribution in [0.5, 0.6) is 5.75 Å². The topological polar surface area (TPSA) is 81.4 Å². The van der Waals surface area contributed by atoms with Crippen LogP contribution in [0, 0.1) is 0 Å². The first-order valence-corrected chi connectivity index (χ1v) is 6.80. The molecule has 0 heterocycles. The molecule has 1 aromatic carbocycles. The van der Waals surface area contributed by atoms with Crippen LogP contribution in [0.3, 0.4) is 0 Å². The minimum Gasteiger partial charge on any atom is -0.406 e. The van der Waals surface area contributed by atoms with Crippen LogP contribution in [0.25, 0.3) is 0 Å². The summed E-state index contributed by atoms with van der Waals surface area (Å²) < 4.78 is 61.3. The van der Waals surface area contributed by atoms with Gasteiger partial charge in [0.15, 0.2) is 0 Å². The van der Waals surface area contributed by atoms with E-state index in [1.807, 2.05) is 0 Å². The van der Waals surface area contributed by atoms with E-state index in [1.165, 1.54) is 19.1 Å². The first-order chi connectivity index (χ1) is 8.58. The normalized spacial score (nSPS) is 13.9. The highest BCUT2D eigenvalue weighted by molar-refractivity contribution is 7.89. The molecule has 0 aliphatic carbocycles. The molecule has 0 amide bonds. The molecule has 1 atom stereocenters. The smallest absolute Gasteiger partial charge is 0.406 e. The third kappa shape index (κ3) is 5.79. The molecule has 0 saturated carbocycles. The van der Waals surface area contributed by atoms with Gasteiger partial charge in [-0.2, -0.15) is 0 Å². The van der Waals surface area contributed by atoms with Gasteiger partial charge in [0.25, 0.3) is 0 Å². The van der Waals surface area contributed by atoms with Gasteiger partial charge in [-0.25, -0.2) is 13.6 Å². The molecule has 0 fully saturated rings. The van der Waals surface area contributed by atoms with Crippen LogP contribution in [0.15, 0.2) is 24.3 Å². The molecule has 1 aromatic rings. The second-order valence-electron chi connectivity index (χ2n) is 3.85. The Morgan fingerprint density at radius 3 is 2.26 bits per heavy atom. The zero-order valence-electron chi connectivity index (χ0n) is 9.94. The van der Waals surface area contributed by atoms with E-state index < -0.39 is 21.6 Å². The van der Waals surface area contributed by atoms with E-state index in [4.69, 9.17) is 5.14 Å². The summed E-state index contributed by atoms with van der Waals surface area (Å²) in [4.78, 5) is 0. The van der Waals surface area contributed by atoms with Crippen molar-refractivity contribution in [3.05, 3.63) is 24.3 Å². The Balaban J connectivity index is 2.58. The number of hydrogen-bond acceptors (Lipinski definition) is 4. The van der Waals surface area contributed by atoms with Crippen molar-refractivity contribution in [1.29, 1.82) is 0 Å². The van der Waals surface area contributed by atoms with Gasteiger partial charge in [-0.05, 0) is 31.2 Å². The van der Waals surface area contributed by atoms with Crippen molar-refractivity contribution >= 4 is 15.7 Å². The summed E-state index contributed by atoms with van der Waals surface area (Å²) in [6.07, 6.45) is -4.74. The molecule has 19 heavy (non-hydrogen) atoms. The lowest BCUT2D eigenvalue weighted by molar-refractivity contribution is -0.274. The number of ether oxygens (including phenoxy) is 1. The Morgan fingerprint density at radius 2 is 1.84 bits per heavy atom. The van der Waals surface area contributed by atoms with Crippen molar-refractivity contribution < 1.29 is 26.3 Å². The third-order valence-electron chi connectivity index (χ3n) is 2.24. The minimum absolute atomic E-state index is 0.0539. The standard InChI is InChI=1S/C10H13F3N2O3S/c1-7(19(14,16)17)6-15-8-2-4-9(5-3-8)18-10(11,12)13/h2-5,7,15H,6H2,1H3,(H2,14,16,17). The van der Waals surface area contributed by atoms with E-state index in [9.17, 15) is 21.6 Å². The lowest BCUT2D eigenvalue weighted by atomic mass is 10.3. The number of halogens is 3. The lowest BCUT2D eigenvalue weighted by Crippen LogP contribution is -2.31. The summed E-state index contributed by atoms with van der Waals surface area (Å²) in [6.45, 7) is 1.47. The van der Waals surface area contributed by atoms with E-state index in [0.717, 1.165) is 12.1 Å². The highest BCUT2D eigenvalue weighted by atomic mass is 32.2. The number of hydrogen-bond donors (Lipinski definition) is 2.